The Morgan fingerprint density at radius 1 is 0.635 bits per heavy atom. The minimum Gasteiger partial charge on any atom is -0.327 e. The summed E-state index contributed by atoms with van der Waals surface area (Å²) >= 11 is 0. The van der Waals surface area contributed by atoms with Gasteiger partial charge in [0.2, 0.25) is 0 Å². The summed E-state index contributed by atoms with van der Waals surface area (Å²) < 4.78 is 0. The number of pyridine rings is 1. The SMILES string of the molecule is C/C(=C\C(C)c1ccccc1)c1ccc(-c2ccccc2)cc1.CC.Cc1cc(-c2ccccc2)cc(-c2c(/C=C\CN)ccc3cccnc23)c1. The van der Waals surface area contributed by atoms with Crippen LogP contribution in [-0.4, -0.2) is 11.5 Å². The predicted molar refractivity (Wildman–Crippen MR) is 227 cm³/mol. The van der Waals surface area contributed by atoms with Gasteiger partial charge >= 0.3 is 0 Å². The summed E-state index contributed by atoms with van der Waals surface area (Å²) in [5.74, 6) is 0.421. The molecule has 0 bridgehead atoms. The maximum absolute atomic E-state index is 5.70. The molecule has 0 fully saturated rings. The van der Waals surface area contributed by atoms with Crippen LogP contribution in [0.5, 0.6) is 0 Å². The Morgan fingerprint density at radius 3 is 1.85 bits per heavy atom. The third kappa shape index (κ3) is 9.69. The second kappa shape index (κ2) is 19.0. The van der Waals surface area contributed by atoms with Crippen LogP contribution >= 0.6 is 0 Å². The second-order valence-corrected chi connectivity index (χ2v) is 12.7. The minimum atomic E-state index is 0.421. The van der Waals surface area contributed by atoms with E-state index >= 15 is 0 Å². The Labute approximate surface area is 311 Å². The van der Waals surface area contributed by atoms with Crippen LogP contribution in [0, 0.1) is 6.92 Å². The fourth-order valence-corrected chi connectivity index (χ4v) is 6.40. The molecular weight excluding hydrogens is 629 g/mol. The molecule has 1 aromatic heterocycles. The monoisotopic (exact) mass is 678 g/mol. The lowest BCUT2D eigenvalue weighted by Gasteiger charge is -2.13. The van der Waals surface area contributed by atoms with E-state index in [-0.39, 0.29) is 0 Å². The van der Waals surface area contributed by atoms with Gasteiger partial charge in [-0.2, -0.15) is 0 Å². The fraction of sp³-hybridized carbons (Fsp3) is 0.140. The van der Waals surface area contributed by atoms with Crippen LogP contribution < -0.4 is 5.73 Å². The summed E-state index contributed by atoms with van der Waals surface area (Å²) in [6, 6.07) is 55.5. The average molecular weight is 679 g/mol. The van der Waals surface area contributed by atoms with E-state index in [9.17, 15) is 0 Å². The van der Waals surface area contributed by atoms with Crippen molar-refractivity contribution in [3.63, 3.8) is 0 Å². The zero-order valence-electron chi connectivity index (χ0n) is 31.1. The molecule has 1 atom stereocenters. The van der Waals surface area contributed by atoms with Gasteiger partial charge in [0.25, 0.3) is 0 Å². The number of nitrogens with two attached hydrogens (primary N) is 1. The summed E-state index contributed by atoms with van der Waals surface area (Å²) in [7, 11) is 0. The van der Waals surface area contributed by atoms with Crippen LogP contribution in [0.15, 0.2) is 176 Å². The smallest absolute Gasteiger partial charge is 0.0786 e. The number of benzene rings is 6. The lowest BCUT2D eigenvalue weighted by Crippen LogP contribution is -1.94. The molecule has 0 spiro atoms. The highest BCUT2D eigenvalue weighted by atomic mass is 14.7. The van der Waals surface area contributed by atoms with Crippen molar-refractivity contribution in [3.05, 3.63) is 198 Å². The molecule has 6 aromatic carbocycles. The van der Waals surface area contributed by atoms with Crippen LogP contribution in [0.2, 0.25) is 0 Å². The standard InChI is InChI=1S/C25H22N2.C23H22.C2H6/c1-18-15-22(19-7-3-2-4-8-19)17-23(16-18)24-20(9-5-13-26)11-12-21-10-6-14-27-25(21)24;1-18(20-9-5-3-6-10-20)17-19(2)21-13-15-23(16-14-21)22-11-7-4-8-12-22;1-2/h2-12,14-17H,13,26H2,1H3;3-18H,1-2H3;1-2H3/b9-5-;19-17+;. The van der Waals surface area contributed by atoms with Gasteiger partial charge in [0, 0.05) is 23.7 Å². The highest BCUT2D eigenvalue weighted by molar-refractivity contribution is 5.98. The van der Waals surface area contributed by atoms with E-state index in [1.54, 1.807) is 0 Å². The highest BCUT2D eigenvalue weighted by Gasteiger charge is 2.12. The van der Waals surface area contributed by atoms with Crippen LogP contribution in [0.4, 0.5) is 0 Å². The van der Waals surface area contributed by atoms with Gasteiger partial charge in [0.05, 0.1) is 5.52 Å². The van der Waals surface area contributed by atoms with Gasteiger partial charge in [-0.05, 0) is 87.5 Å². The molecule has 7 aromatic rings. The normalized spacial score (nSPS) is 11.7. The predicted octanol–water partition coefficient (Wildman–Crippen LogP) is 13.4. The van der Waals surface area contributed by atoms with Crippen molar-refractivity contribution in [1.82, 2.24) is 4.98 Å². The van der Waals surface area contributed by atoms with Gasteiger partial charge in [-0.15, -0.1) is 0 Å². The molecule has 0 amide bonds. The maximum atomic E-state index is 5.70. The van der Waals surface area contributed by atoms with Gasteiger partial charge in [-0.1, -0.05) is 185 Å². The van der Waals surface area contributed by atoms with Crippen molar-refractivity contribution in [2.24, 2.45) is 5.73 Å². The van der Waals surface area contributed by atoms with E-state index in [0.717, 1.165) is 22.0 Å². The number of aromatic nitrogens is 1. The first-order valence-corrected chi connectivity index (χ1v) is 18.3. The molecule has 1 unspecified atom stereocenters. The first-order chi connectivity index (χ1) is 25.5. The first kappa shape index (κ1) is 37.4. The maximum Gasteiger partial charge on any atom is 0.0786 e. The number of rotatable bonds is 8. The van der Waals surface area contributed by atoms with E-state index in [4.69, 9.17) is 10.7 Å². The number of hydrogen-bond acceptors (Lipinski definition) is 2. The largest absolute Gasteiger partial charge is 0.327 e. The first-order valence-electron chi connectivity index (χ1n) is 18.3. The Bertz CT molecular complexity index is 2200. The van der Waals surface area contributed by atoms with Crippen molar-refractivity contribution in [2.45, 2.75) is 40.5 Å². The van der Waals surface area contributed by atoms with Crippen molar-refractivity contribution in [2.75, 3.05) is 6.54 Å². The third-order valence-electron chi connectivity index (χ3n) is 8.99. The van der Waals surface area contributed by atoms with Gasteiger partial charge in [0.15, 0.2) is 0 Å². The molecule has 260 valence electrons. The van der Waals surface area contributed by atoms with Crippen molar-refractivity contribution in [3.8, 4) is 33.4 Å². The molecule has 2 nitrogen and oxygen atoms in total. The molecule has 0 aliphatic carbocycles. The molecule has 0 aliphatic heterocycles. The van der Waals surface area contributed by atoms with E-state index in [1.165, 1.54) is 50.1 Å². The Hall–Kier alpha value is -5.83. The molecular formula is C50H50N2. The van der Waals surface area contributed by atoms with E-state index in [0.29, 0.717) is 12.5 Å². The van der Waals surface area contributed by atoms with Gasteiger partial charge in [-0.25, -0.2) is 0 Å². The molecule has 2 heteroatoms. The third-order valence-corrected chi connectivity index (χ3v) is 8.99. The molecule has 0 aliphatic rings. The summed E-state index contributed by atoms with van der Waals surface area (Å²) in [5, 5.41) is 1.14. The topological polar surface area (TPSA) is 38.9 Å². The van der Waals surface area contributed by atoms with E-state index in [2.05, 4.69) is 179 Å². The van der Waals surface area contributed by atoms with Gasteiger partial charge < -0.3 is 5.73 Å². The van der Waals surface area contributed by atoms with Crippen LogP contribution in [-0.2, 0) is 0 Å². The Morgan fingerprint density at radius 2 is 1.21 bits per heavy atom. The number of aryl methyl sites for hydroxylation is 1. The van der Waals surface area contributed by atoms with Crippen LogP contribution in [0.1, 0.15) is 55.9 Å². The van der Waals surface area contributed by atoms with E-state index in [1.807, 2.05) is 38.3 Å². The summed E-state index contributed by atoms with van der Waals surface area (Å²) in [6.07, 6.45) is 8.28. The zero-order valence-corrected chi connectivity index (χ0v) is 31.1. The van der Waals surface area contributed by atoms with Crippen molar-refractivity contribution >= 4 is 22.6 Å². The molecule has 0 saturated carbocycles. The van der Waals surface area contributed by atoms with E-state index < -0.39 is 0 Å². The summed E-state index contributed by atoms with van der Waals surface area (Å²) in [4.78, 5) is 4.69. The molecule has 0 radical (unpaired) electrons. The number of hydrogen-bond donors (Lipinski definition) is 1. The fourth-order valence-electron chi connectivity index (χ4n) is 6.40. The number of allylic oxidation sites excluding steroid dienone is 2. The second-order valence-electron chi connectivity index (χ2n) is 12.7. The Balaban J connectivity index is 0.000000194. The minimum absolute atomic E-state index is 0.421. The van der Waals surface area contributed by atoms with Gasteiger partial charge in [0.1, 0.15) is 0 Å². The van der Waals surface area contributed by atoms with Crippen LogP contribution in [0.25, 0.3) is 55.9 Å². The van der Waals surface area contributed by atoms with Crippen molar-refractivity contribution in [1.29, 1.82) is 0 Å². The van der Waals surface area contributed by atoms with Gasteiger partial charge in [-0.3, -0.25) is 4.98 Å². The lowest BCUT2D eigenvalue weighted by atomic mass is 9.92. The summed E-state index contributed by atoms with van der Waals surface area (Å²) in [6.45, 7) is 11.1. The zero-order chi connectivity index (χ0) is 36.7. The number of nitrogens with zero attached hydrogens (tertiary/aromatic N) is 1. The van der Waals surface area contributed by atoms with Crippen LogP contribution in [0.3, 0.4) is 0 Å². The van der Waals surface area contributed by atoms with Crippen molar-refractivity contribution < 1.29 is 0 Å². The quantitative estimate of drug-likeness (QED) is 0.174. The molecule has 2 N–H and O–H groups in total. The molecule has 0 saturated heterocycles. The Kier molecular flexibility index (Phi) is 13.6. The number of fused-ring (bicyclic) bond motifs is 1. The molecule has 7 rings (SSSR count). The lowest BCUT2D eigenvalue weighted by molar-refractivity contribution is 0.968. The molecule has 1 heterocycles. The highest BCUT2D eigenvalue weighted by Crippen LogP contribution is 2.35. The average Bonchev–Trinajstić information content (AvgIpc) is 3.21. The summed E-state index contributed by atoms with van der Waals surface area (Å²) in [5.41, 5.74) is 20.3. The molecule has 52 heavy (non-hydrogen) atoms.